The molecule has 0 unspecified atom stereocenters. The molecule has 0 aromatic heterocycles. The number of anilines is 1. The molecule has 0 spiro atoms. The first-order valence-electron chi connectivity index (χ1n) is 5.91. The molecule has 0 aliphatic carbocycles. The van der Waals surface area contributed by atoms with Gasteiger partial charge in [0, 0.05) is 31.9 Å². The molecule has 0 amide bonds. The van der Waals surface area contributed by atoms with Gasteiger partial charge < -0.3 is 10.0 Å². The van der Waals surface area contributed by atoms with Crippen molar-refractivity contribution in [1.82, 2.24) is 4.31 Å². The third-order valence-electron chi connectivity index (χ3n) is 3.17. The molecule has 0 saturated carbocycles. The van der Waals surface area contributed by atoms with Crippen molar-refractivity contribution >= 4 is 21.7 Å². The van der Waals surface area contributed by atoms with E-state index in [0.717, 1.165) is 5.69 Å². The van der Waals surface area contributed by atoms with Crippen molar-refractivity contribution in [3.8, 4) is 0 Å². The number of piperazine rings is 1. The van der Waals surface area contributed by atoms with Gasteiger partial charge in [-0.25, -0.2) is 13.2 Å². The van der Waals surface area contributed by atoms with Gasteiger partial charge in [-0.2, -0.15) is 4.31 Å². The van der Waals surface area contributed by atoms with Crippen LogP contribution in [-0.2, 0) is 10.0 Å². The fourth-order valence-electron chi connectivity index (χ4n) is 2.11. The lowest BCUT2D eigenvalue weighted by Crippen LogP contribution is -2.48. The summed E-state index contributed by atoms with van der Waals surface area (Å²) >= 11 is 0. The third-order valence-corrected chi connectivity index (χ3v) is 4.47. The molecule has 1 heterocycles. The Labute approximate surface area is 112 Å². The average Bonchev–Trinajstić information content (AvgIpc) is 2.38. The maximum Gasteiger partial charge on any atom is 0.335 e. The lowest BCUT2D eigenvalue weighted by Gasteiger charge is -2.34. The first-order valence-corrected chi connectivity index (χ1v) is 7.76. The second-order valence-corrected chi connectivity index (χ2v) is 6.49. The molecule has 7 heteroatoms. The summed E-state index contributed by atoms with van der Waals surface area (Å²) in [5.41, 5.74) is 1.05. The van der Waals surface area contributed by atoms with Gasteiger partial charge in [0.2, 0.25) is 10.0 Å². The zero-order valence-corrected chi connectivity index (χ0v) is 11.4. The minimum absolute atomic E-state index is 0.239. The highest BCUT2D eigenvalue weighted by Gasteiger charge is 2.23. The minimum Gasteiger partial charge on any atom is -0.478 e. The summed E-state index contributed by atoms with van der Waals surface area (Å²) in [6.45, 7) is 1.98. The van der Waals surface area contributed by atoms with Crippen LogP contribution in [0.5, 0.6) is 0 Å². The number of aromatic carboxylic acids is 1. The predicted molar refractivity (Wildman–Crippen MR) is 72.0 cm³/mol. The van der Waals surface area contributed by atoms with E-state index in [4.69, 9.17) is 5.11 Å². The number of sulfonamides is 1. The smallest absolute Gasteiger partial charge is 0.335 e. The fraction of sp³-hybridized carbons (Fsp3) is 0.417. The number of hydrogen-bond acceptors (Lipinski definition) is 4. The van der Waals surface area contributed by atoms with Crippen LogP contribution >= 0.6 is 0 Å². The summed E-state index contributed by atoms with van der Waals surface area (Å²) in [5.74, 6) is -0.961. The molecule has 2 rings (SSSR count). The predicted octanol–water partition coefficient (Wildman–Crippen LogP) is 0.466. The molecular formula is C12H16N2O4S. The summed E-state index contributed by atoms with van der Waals surface area (Å²) in [4.78, 5) is 12.9. The van der Waals surface area contributed by atoms with Gasteiger partial charge in [0.1, 0.15) is 0 Å². The Bertz CT molecular complexity index is 577. The van der Waals surface area contributed by atoms with Gasteiger partial charge in [-0.15, -0.1) is 0 Å². The van der Waals surface area contributed by atoms with E-state index in [2.05, 4.69) is 0 Å². The average molecular weight is 284 g/mol. The Morgan fingerprint density at radius 3 is 2.37 bits per heavy atom. The second-order valence-electron chi connectivity index (χ2n) is 4.50. The molecule has 1 aliphatic rings. The van der Waals surface area contributed by atoms with Crippen LogP contribution in [0.2, 0.25) is 0 Å². The van der Waals surface area contributed by atoms with Gasteiger partial charge >= 0.3 is 5.97 Å². The van der Waals surface area contributed by atoms with Gasteiger partial charge in [-0.1, -0.05) is 6.07 Å². The van der Waals surface area contributed by atoms with Crippen LogP contribution in [0, 0.1) is 0 Å². The molecule has 1 aromatic carbocycles. The van der Waals surface area contributed by atoms with Crippen LogP contribution in [0.25, 0.3) is 0 Å². The normalized spacial score (nSPS) is 17.4. The van der Waals surface area contributed by atoms with E-state index in [1.807, 2.05) is 11.0 Å². The highest BCUT2D eigenvalue weighted by atomic mass is 32.2. The third kappa shape index (κ3) is 3.24. The topological polar surface area (TPSA) is 77.9 Å². The highest BCUT2D eigenvalue weighted by Crippen LogP contribution is 2.19. The van der Waals surface area contributed by atoms with E-state index in [1.54, 1.807) is 18.2 Å². The molecule has 1 aliphatic heterocycles. The van der Waals surface area contributed by atoms with E-state index in [-0.39, 0.29) is 5.56 Å². The molecule has 0 bridgehead atoms. The van der Waals surface area contributed by atoms with Crippen molar-refractivity contribution in [1.29, 1.82) is 0 Å². The Hall–Kier alpha value is -1.60. The van der Waals surface area contributed by atoms with Gasteiger partial charge in [0.25, 0.3) is 0 Å². The van der Waals surface area contributed by atoms with Crippen molar-refractivity contribution in [2.24, 2.45) is 0 Å². The number of carbonyl (C=O) groups is 1. The standard InChI is InChI=1S/C12H16N2O4S/c1-19(17,18)14-7-5-13(6-8-14)11-4-2-3-10(9-11)12(15)16/h2-4,9H,5-8H2,1H3,(H,15,16). The zero-order chi connectivity index (χ0) is 14.0. The van der Waals surface area contributed by atoms with Crippen LogP contribution in [0.15, 0.2) is 24.3 Å². The molecule has 19 heavy (non-hydrogen) atoms. The van der Waals surface area contributed by atoms with Crippen LogP contribution in [0.3, 0.4) is 0 Å². The molecule has 1 N–H and O–H groups in total. The molecule has 6 nitrogen and oxygen atoms in total. The van der Waals surface area contributed by atoms with E-state index < -0.39 is 16.0 Å². The van der Waals surface area contributed by atoms with Crippen LogP contribution in [0.1, 0.15) is 10.4 Å². The monoisotopic (exact) mass is 284 g/mol. The number of rotatable bonds is 3. The van der Waals surface area contributed by atoms with E-state index in [0.29, 0.717) is 26.2 Å². The van der Waals surface area contributed by atoms with Crippen LogP contribution < -0.4 is 4.90 Å². The van der Waals surface area contributed by atoms with Crippen molar-refractivity contribution in [3.63, 3.8) is 0 Å². The maximum atomic E-state index is 11.4. The number of benzene rings is 1. The van der Waals surface area contributed by atoms with E-state index >= 15 is 0 Å². The van der Waals surface area contributed by atoms with Crippen molar-refractivity contribution in [3.05, 3.63) is 29.8 Å². The SMILES string of the molecule is CS(=O)(=O)N1CCN(c2cccc(C(=O)O)c2)CC1. The second kappa shape index (κ2) is 5.18. The first kappa shape index (κ1) is 13.8. The van der Waals surface area contributed by atoms with Crippen LogP contribution in [-0.4, -0.2) is 56.2 Å². The summed E-state index contributed by atoms with van der Waals surface area (Å²) in [6.07, 6.45) is 1.20. The molecule has 1 fully saturated rings. The number of nitrogens with zero attached hydrogens (tertiary/aromatic N) is 2. The highest BCUT2D eigenvalue weighted by molar-refractivity contribution is 7.88. The van der Waals surface area contributed by atoms with Gasteiger partial charge in [0.05, 0.1) is 11.8 Å². The number of hydrogen-bond donors (Lipinski definition) is 1. The minimum atomic E-state index is -3.14. The van der Waals surface area contributed by atoms with E-state index in [9.17, 15) is 13.2 Å². The summed E-state index contributed by atoms with van der Waals surface area (Å²) in [7, 11) is -3.14. The summed E-state index contributed by atoms with van der Waals surface area (Å²) in [6, 6.07) is 6.68. The molecule has 0 atom stereocenters. The lowest BCUT2D eigenvalue weighted by atomic mass is 10.2. The first-order chi connectivity index (χ1) is 8.88. The number of carboxylic acid groups (broad SMARTS) is 1. The molecule has 104 valence electrons. The molecular weight excluding hydrogens is 268 g/mol. The quantitative estimate of drug-likeness (QED) is 0.873. The van der Waals surface area contributed by atoms with Gasteiger partial charge in [-0.05, 0) is 18.2 Å². The van der Waals surface area contributed by atoms with Gasteiger partial charge in [-0.3, -0.25) is 0 Å². The lowest BCUT2D eigenvalue weighted by molar-refractivity contribution is 0.0697. The Morgan fingerprint density at radius 1 is 1.21 bits per heavy atom. The Balaban J connectivity index is 2.10. The van der Waals surface area contributed by atoms with Crippen LogP contribution in [0.4, 0.5) is 5.69 Å². The summed E-state index contributed by atoms with van der Waals surface area (Å²) < 4.78 is 24.2. The van der Waals surface area contributed by atoms with Crippen molar-refractivity contribution in [2.45, 2.75) is 0 Å². The Kier molecular flexibility index (Phi) is 3.77. The van der Waals surface area contributed by atoms with Gasteiger partial charge in [0.15, 0.2) is 0 Å². The summed E-state index contributed by atoms with van der Waals surface area (Å²) in [5, 5.41) is 8.95. The van der Waals surface area contributed by atoms with Crippen molar-refractivity contribution < 1.29 is 18.3 Å². The number of carboxylic acids is 1. The zero-order valence-electron chi connectivity index (χ0n) is 10.6. The maximum absolute atomic E-state index is 11.4. The van der Waals surface area contributed by atoms with E-state index in [1.165, 1.54) is 10.6 Å². The molecule has 1 saturated heterocycles. The largest absolute Gasteiger partial charge is 0.478 e. The molecule has 0 radical (unpaired) electrons. The molecule has 1 aromatic rings. The fourth-order valence-corrected chi connectivity index (χ4v) is 2.94. The van der Waals surface area contributed by atoms with Crippen molar-refractivity contribution in [2.75, 3.05) is 37.3 Å². The Morgan fingerprint density at radius 2 is 1.84 bits per heavy atom.